The highest BCUT2D eigenvalue weighted by molar-refractivity contribution is 7.16. The molecule has 1 aromatic rings. The van der Waals surface area contributed by atoms with Crippen molar-refractivity contribution in [3.8, 4) is 6.07 Å². The van der Waals surface area contributed by atoms with Crippen LogP contribution in [-0.4, -0.2) is 30.7 Å². The molecular weight excluding hydrogens is 280 g/mol. The number of thiazole rings is 1. The third-order valence-electron chi connectivity index (χ3n) is 3.73. The number of rotatable bonds is 5. The lowest BCUT2D eigenvalue weighted by Crippen LogP contribution is -2.38. The van der Waals surface area contributed by atoms with Crippen molar-refractivity contribution in [1.29, 1.82) is 5.26 Å². The lowest BCUT2D eigenvalue weighted by Gasteiger charge is -2.25. The minimum Gasteiger partial charge on any atom is -0.346 e. The van der Waals surface area contributed by atoms with Gasteiger partial charge in [-0.15, -0.1) is 0 Å². The Morgan fingerprint density at radius 2 is 2.26 bits per heavy atom. The molecule has 0 aromatic carbocycles. The van der Waals surface area contributed by atoms with Crippen molar-refractivity contribution < 1.29 is 0 Å². The molecule has 1 aromatic heterocycles. The van der Waals surface area contributed by atoms with Crippen molar-refractivity contribution in [1.82, 2.24) is 10.3 Å². The normalized spacial score (nSPS) is 22.4. The van der Waals surface area contributed by atoms with Crippen LogP contribution in [-0.2, 0) is 0 Å². The van der Waals surface area contributed by atoms with E-state index in [1.807, 2.05) is 0 Å². The van der Waals surface area contributed by atoms with E-state index in [0.717, 1.165) is 30.7 Å². The summed E-state index contributed by atoms with van der Waals surface area (Å²) in [5, 5.41) is 13.8. The number of aromatic nitrogens is 1. The predicted molar refractivity (Wildman–Crippen MR) is 77.8 cm³/mol. The summed E-state index contributed by atoms with van der Waals surface area (Å²) >= 11 is 7.41. The van der Waals surface area contributed by atoms with E-state index in [-0.39, 0.29) is 0 Å². The number of nitrogens with zero attached hydrogens (tertiary/aromatic N) is 3. The van der Waals surface area contributed by atoms with Crippen LogP contribution >= 0.6 is 22.9 Å². The second-order valence-corrected chi connectivity index (χ2v) is 6.71. The number of hydrogen-bond donors (Lipinski definition) is 1. The second-order valence-electron chi connectivity index (χ2n) is 5.37. The molecule has 1 aliphatic carbocycles. The number of nitriles is 1. The Balaban J connectivity index is 1.74. The third kappa shape index (κ3) is 3.19. The fourth-order valence-electron chi connectivity index (χ4n) is 2.52. The SMILES string of the molecule is N#Cc1sc(N(CC2CC2)CC2CCCN2)nc1Cl. The molecule has 0 bridgehead atoms. The molecule has 0 spiro atoms. The fourth-order valence-corrected chi connectivity index (χ4v) is 3.58. The number of halogens is 1. The molecule has 3 rings (SSSR count). The average Bonchev–Trinajstić information content (AvgIpc) is 2.92. The molecule has 1 aliphatic heterocycles. The Morgan fingerprint density at radius 1 is 1.42 bits per heavy atom. The quantitative estimate of drug-likeness (QED) is 0.907. The molecule has 6 heteroatoms. The minimum absolute atomic E-state index is 0.350. The van der Waals surface area contributed by atoms with Crippen LogP contribution in [0.15, 0.2) is 0 Å². The van der Waals surface area contributed by atoms with Gasteiger partial charge in [0.05, 0.1) is 0 Å². The average molecular weight is 297 g/mol. The molecule has 4 nitrogen and oxygen atoms in total. The van der Waals surface area contributed by atoms with Crippen LogP contribution in [0, 0.1) is 17.2 Å². The molecule has 2 aliphatic rings. The lowest BCUT2D eigenvalue weighted by atomic mass is 10.2. The largest absolute Gasteiger partial charge is 0.346 e. The zero-order valence-electron chi connectivity index (χ0n) is 10.7. The van der Waals surface area contributed by atoms with Gasteiger partial charge in [-0.2, -0.15) is 5.26 Å². The molecule has 1 atom stereocenters. The van der Waals surface area contributed by atoms with Gasteiger partial charge in [-0.05, 0) is 38.1 Å². The molecule has 2 heterocycles. The molecular formula is C13H17ClN4S. The first-order valence-corrected chi connectivity index (χ1v) is 8.00. The third-order valence-corrected chi connectivity index (χ3v) is 5.13. The van der Waals surface area contributed by atoms with E-state index in [1.54, 1.807) is 0 Å². The first-order chi connectivity index (χ1) is 9.26. The van der Waals surface area contributed by atoms with Gasteiger partial charge in [0.1, 0.15) is 10.9 Å². The van der Waals surface area contributed by atoms with Gasteiger partial charge in [-0.3, -0.25) is 0 Å². The molecule has 0 amide bonds. The predicted octanol–water partition coefficient (Wildman–Crippen LogP) is 2.64. The van der Waals surface area contributed by atoms with Crippen molar-refractivity contribution in [2.24, 2.45) is 5.92 Å². The van der Waals surface area contributed by atoms with Crippen LogP contribution in [0.3, 0.4) is 0 Å². The van der Waals surface area contributed by atoms with Crippen LogP contribution in [0.2, 0.25) is 5.15 Å². The van der Waals surface area contributed by atoms with Gasteiger partial charge < -0.3 is 10.2 Å². The van der Waals surface area contributed by atoms with E-state index in [0.29, 0.717) is 16.1 Å². The summed E-state index contributed by atoms with van der Waals surface area (Å²) in [6, 6.07) is 2.66. The van der Waals surface area contributed by atoms with E-state index in [4.69, 9.17) is 16.9 Å². The van der Waals surface area contributed by atoms with Gasteiger partial charge in [-0.25, -0.2) is 4.98 Å². The van der Waals surface area contributed by atoms with E-state index in [1.165, 1.54) is 37.0 Å². The van der Waals surface area contributed by atoms with E-state index >= 15 is 0 Å². The van der Waals surface area contributed by atoms with Gasteiger partial charge in [-0.1, -0.05) is 22.9 Å². The Labute approximate surface area is 122 Å². The number of nitrogens with one attached hydrogen (secondary N) is 1. The summed E-state index contributed by atoms with van der Waals surface area (Å²) in [4.78, 5) is 7.21. The monoisotopic (exact) mass is 296 g/mol. The highest BCUT2D eigenvalue weighted by atomic mass is 35.5. The van der Waals surface area contributed by atoms with Crippen LogP contribution < -0.4 is 10.2 Å². The molecule has 1 saturated heterocycles. The maximum absolute atomic E-state index is 9.00. The Morgan fingerprint density at radius 3 is 2.84 bits per heavy atom. The van der Waals surface area contributed by atoms with Crippen molar-refractivity contribution in [2.75, 3.05) is 24.5 Å². The first kappa shape index (κ1) is 13.2. The summed E-state index contributed by atoms with van der Waals surface area (Å²) in [5.74, 6) is 0.801. The summed E-state index contributed by atoms with van der Waals surface area (Å²) in [6.45, 7) is 3.14. The molecule has 102 valence electrons. The smallest absolute Gasteiger partial charge is 0.188 e. The van der Waals surface area contributed by atoms with Crippen LogP contribution in [0.4, 0.5) is 5.13 Å². The van der Waals surface area contributed by atoms with Crippen LogP contribution in [0.1, 0.15) is 30.6 Å². The number of hydrogen-bond acceptors (Lipinski definition) is 5. The van der Waals surface area contributed by atoms with Crippen molar-refractivity contribution in [3.05, 3.63) is 10.0 Å². The lowest BCUT2D eigenvalue weighted by molar-refractivity contribution is 0.570. The highest BCUT2D eigenvalue weighted by Gasteiger charge is 2.28. The zero-order valence-corrected chi connectivity index (χ0v) is 12.3. The van der Waals surface area contributed by atoms with E-state index in [9.17, 15) is 0 Å². The fraction of sp³-hybridized carbons (Fsp3) is 0.692. The van der Waals surface area contributed by atoms with Crippen LogP contribution in [0.25, 0.3) is 0 Å². The zero-order chi connectivity index (χ0) is 13.2. The highest BCUT2D eigenvalue weighted by Crippen LogP contribution is 2.35. The first-order valence-electron chi connectivity index (χ1n) is 6.81. The van der Waals surface area contributed by atoms with Gasteiger partial charge >= 0.3 is 0 Å². The maximum Gasteiger partial charge on any atom is 0.188 e. The Bertz CT molecular complexity index is 485. The molecule has 1 unspecified atom stereocenters. The van der Waals surface area contributed by atoms with Gasteiger partial charge in [0, 0.05) is 19.1 Å². The van der Waals surface area contributed by atoms with Gasteiger partial charge in [0.2, 0.25) is 0 Å². The van der Waals surface area contributed by atoms with E-state index < -0.39 is 0 Å². The molecule has 1 saturated carbocycles. The minimum atomic E-state index is 0.350. The van der Waals surface area contributed by atoms with Crippen molar-refractivity contribution >= 4 is 28.1 Å². The summed E-state index contributed by atoms with van der Waals surface area (Å²) < 4.78 is 0. The Hall–Kier alpha value is -0.830. The van der Waals surface area contributed by atoms with Crippen LogP contribution in [0.5, 0.6) is 0 Å². The summed E-state index contributed by atoms with van der Waals surface area (Å²) in [7, 11) is 0. The molecule has 2 fully saturated rings. The molecule has 0 radical (unpaired) electrons. The van der Waals surface area contributed by atoms with Crippen molar-refractivity contribution in [3.63, 3.8) is 0 Å². The van der Waals surface area contributed by atoms with Gasteiger partial charge in [0.25, 0.3) is 0 Å². The number of anilines is 1. The summed E-state index contributed by atoms with van der Waals surface area (Å²) in [5.41, 5.74) is 0. The molecule has 19 heavy (non-hydrogen) atoms. The topological polar surface area (TPSA) is 52.0 Å². The Kier molecular flexibility index (Phi) is 3.92. The van der Waals surface area contributed by atoms with E-state index in [2.05, 4.69) is 21.3 Å². The standard InChI is InChI=1S/C13H17ClN4S/c14-12-11(6-15)19-13(17-12)18(7-9-3-4-9)8-10-2-1-5-16-10/h9-10,16H,1-5,7-8H2. The summed E-state index contributed by atoms with van der Waals surface area (Å²) in [6.07, 6.45) is 5.12. The maximum atomic E-state index is 9.00. The van der Waals surface area contributed by atoms with Gasteiger partial charge in [0.15, 0.2) is 10.3 Å². The molecule has 1 N–H and O–H groups in total. The van der Waals surface area contributed by atoms with Crippen molar-refractivity contribution in [2.45, 2.75) is 31.7 Å². The second kappa shape index (κ2) is 5.66.